The van der Waals surface area contributed by atoms with E-state index in [0.717, 1.165) is 109 Å². The lowest BCUT2D eigenvalue weighted by Gasteiger charge is -2.18. The molecule has 0 amide bonds. The normalized spacial score (nSPS) is 12.6. The van der Waals surface area contributed by atoms with Gasteiger partial charge in [0.2, 0.25) is 0 Å². The van der Waals surface area contributed by atoms with Crippen LogP contribution in [-0.4, -0.2) is 37.2 Å². The lowest BCUT2D eigenvalue weighted by atomic mass is 10.1. The van der Waals surface area contributed by atoms with Crippen molar-refractivity contribution in [1.82, 2.24) is 0 Å². The zero-order valence-electron chi connectivity index (χ0n) is 43.4. The van der Waals surface area contributed by atoms with Crippen molar-refractivity contribution in [3.63, 3.8) is 0 Å². The first-order valence-corrected chi connectivity index (χ1v) is 27.9. The van der Waals surface area contributed by atoms with Crippen molar-refractivity contribution >= 4 is 17.9 Å². The first-order chi connectivity index (χ1) is 32.5. The molecule has 0 aromatic carbocycles. The minimum Gasteiger partial charge on any atom is -0.462 e. The number of ether oxygens (including phenoxy) is 3. The van der Waals surface area contributed by atoms with Crippen LogP contribution in [0, 0.1) is 0 Å². The summed E-state index contributed by atoms with van der Waals surface area (Å²) >= 11 is 0. The van der Waals surface area contributed by atoms with E-state index >= 15 is 0 Å². The second-order valence-electron chi connectivity index (χ2n) is 18.5. The van der Waals surface area contributed by atoms with Crippen LogP contribution in [0.4, 0.5) is 0 Å². The van der Waals surface area contributed by atoms with Crippen LogP contribution in [0.2, 0.25) is 0 Å². The SMILES string of the molecule is CCCC/C=C/C/C=C/CCCCCCCC(=O)OC[C@H](COC(=O)CCCCCC/C=C/C/C=C/C/C=C/CCCCC)OC(=O)CCCCCCCCC/C=C/CCCCCCCC. The first-order valence-electron chi connectivity index (χ1n) is 27.9. The number of rotatable bonds is 50. The van der Waals surface area contributed by atoms with Crippen LogP contribution in [0.3, 0.4) is 0 Å². The summed E-state index contributed by atoms with van der Waals surface area (Å²) in [6, 6.07) is 0. The Morgan fingerprint density at radius 2 is 0.561 bits per heavy atom. The number of hydrogen-bond donors (Lipinski definition) is 0. The fourth-order valence-electron chi connectivity index (χ4n) is 7.64. The van der Waals surface area contributed by atoms with Gasteiger partial charge >= 0.3 is 17.9 Å². The molecule has 0 aliphatic carbocycles. The van der Waals surface area contributed by atoms with Crippen molar-refractivity contribution < 1.29 is 28.6 Å². The standard InChI is InChI=1S/C60H104O6/c1-4-7-10-13-16-19-22-25-28-30-32-35-38-41-44-47-50-53-59(62)65-56-57(55-64-58(61)52-49-46-43-40-37-34-27-24-21-18-15-12-9-6-3)66-60(63)54-51-48-45-42-39-36-33-31-29-26-23-20-17-14-11-8-5-2/h15-16,18-19,24-29,32,35,57H,4-14,17,20-23,30-31,33-34,36-56H2,1-3H3/b18-15+,19-16+,27-24+,28-25+,29-26+,35-32+/t57-/m1/s1. The summed E-state index contributed by atoms with van der Waals surface area (Å²) < 4.78 is 16.8. The van der Waals surface area contributed by atoms with E-state index in [-0.39, 0.29) is 31.1 Å². The number of unbranched alkanes of at least 4 members (excludes halogenated alkanes) is 27. The molecule has 380 valence electrons. The molecule has 0 aromatic heterocycles. The van der Waals surface area contributed by atoms with Crippen molar-refractivity contribution in [2.75, 3.05) is 13.2 Å². The first kappa shape index (κ1) is 62.8. The van der Waals surface area contributed by atoms with Gasteiger partial charge in [0.05, 0.1) is 0 Å². The van der Waals surface area contributed by atoms with Gasteiger partial charge in [-0.3, -0.25) is 14.4 Å². The van der Waals surface area contributed by atoms with E-state index in [2.05, 4.69) is 93.7 Å². The Labute approximate surface area is 408 Å². The lowest BCUT2D eigenvalue weighted by molar-refractivity contribution is -0.167. The Kier molecular flexibility index (Phi) is 51.9. The maximum Gasteiger partial charge on any atom is 0.306 e. The van der Waals surface area contributed by atoms with Crippen LogP contribution in [0.1, 0.15) is 271 Å². The molecule has 6 nitrogen and oxygen atoms in total. The summed E-state index contributed by atoms with van der Waals surface area (Å²) in [5.41, 5.74) is 0. The van der Waals surface area contributed by atoms with Gasteiger partial charge in [-0.1, -0.05) is 216 Å². The van der Waals surface area contributed by atoms with Gasteiger partial charge in [0.25, 0.3) is 0 Å². The lowest BCUT2D eigenvalue weighted by Crippen LogP contribution is -2.30. The summed E-state index contributed by atoms with van der Waals surface area (Å²) in [4.78, 5) is 38.1. The Bertz CT molecular complexity index is 1240. The van der Waals surface area contributed by atoms with Crippen LogP contribution < -0.4 is 0 Å². The topological polar surface area (TPSA) is 78.9 Å². The highest BCUT2D eigenvalue weighted by Gasteiger charge is 2.19. The second kappa shape index (κ2) is 54.5. The van der Waals surface area contributed by atoms with Crippen LogP contribution in [-0.2, 0) is 28.6 Å². The van der Waals surface area contributed by atoms with Gasteiger partial charge in [-0.25, -0.2) is 0 Å². The molecule has 66 heavy (non-hydrogen) atoms. The molecule has 0 aliphatic rings. The molecule has 0 saturated carbocycles. The number of hydrogen-bond acceptors (Lipinski definition) is 6. The molecule has 0 rings (SSSR count). The Morgan fingerprint density at radius 1 is 0.303 bits per heavy atom. The Hall–Kier alpha value is -3.15. The number of carbonyl (C=O) groups is 3. The number of carbonyl (C=O) groups excluding carboxylic acids is 3. The third kappa shape index (κ3) is 51.8. The highest BCUT2D eigenvalue weighted by Crippen LogP contribution is 2.14. The van der Waals surface area contributed by atoms with Gasteiger partial charge in [0.1, 0.15) is 13.2 Å². The van der Waals surface area contributed by atoms with E-state index in [1.165, 1.54) is 122 Å². The minimum atomic E-state index is -0.793. The van der Waals surface area contributed by atoms with E-state index in [4.69, 9.17) is 14.2 Å². The summed E-state index contributed by atoms with van der Waals surface area (Å²) in [5.74, 6) is -0.925. The molecule has 1 atom stereocenters. The predicted molar refractivity (Wildman–Crippen MR) is 284 cm³/mol. The van der Waals surface area contributed by atoms with Crippen LogP contribution in [0.5, 0.6) is 0 Å². The fourth-order valence-corrected chi connectivity index (χ4v) is 7.64. The van der Waals surface area contributed by atoms with Crippen LogP contribution in [0.25, 0.3) is 0 Å². The maximum absolute atomic E-state index is 12.8. The number of allylic oxidation sites excluding steroid dienone is 12. The van der Waals surface area contributed by atoms with Crippen molar-refractivity contribution in [3.8, 4) is 0 Å². The molecular weight excluding hydrogens is 817 g/mol. The van der Waals surface area contributed by atoms with Gasteiger partial charge in [-0.05, 0) is 109 Å². The molecule has 0 unspecified atom stereocenters. The van der Waals surface area contributed by atoms with E-state index in [1.54, 1.807) is 0 Å². The fraction of sp³-hybridized carbons (Fsp3) is 0.750. The molecule has 0 heterocycles. The average molecular weight is 921 g/mol. The molecule has 0 aromatic rings. The third-order valence-corrected chi connectivity index (χ3v) is 11.9. The van der Waals surface area contributed by atoms with Crippen molar-refractivity contribution in [2.24, 2.45) is 0 Å². The highest BCUT2D eigenvalue weighted by atomic mass is 16.6. The molecule has 0 N–H and O–H groups in total. The van der Waals surface area contributed by atoms with Crippen molar-refractivity contribution in [2.45, 2.75) is 277 Å². The molecule has 6 heteroatoms. The summed E-state index contributed by atoms with van der Waals surface area (Å²) in [5, 5.41) is 0. The van der Waals surface area contributed by atoms with Gasteiger partial charge in [-0.2, -0.15) is 0 Å². The summed E-state index contributed by atoms with van der Waals surface area (Å²) in [7, 11) is 0. The molecule has 0 radical (unpaired) electrons. The van der Waals surface area contributed by atoms with Crippen molar-refractivity contribution in [3.05, 3.63) is 72.9 Å². The van der Waals surface area contributed by atoms with E-state index < -0.39 is 6.10 Å². The Balaban J connectivity index is 4.44. The van der Waals surface area contributed by atoms with Gasteiger partial charge in [0.15, 0.2) is 6.10 Å². The van der Waals surface area contributed by atoms with Gasteiger partial charge < -0.3 is 14.2 Å². The smallest absolute Gasteiger partial charge is 0.306 e. The quantitative estimate of drug-likeness (QED) is 0.0262. The highest BCUT2D eigenvalue weighted by molar-refractivity contribution is 5.71. The minimum absolute atomic E-state index is 0.0916. The predicted octanol–water partition coefficient (Wildman–Crippen LogP) is 18.6. The maximum atomic E-state index is 12.8. The van der Waals surface area contributed by atoms with Gasteiger partial charge in [0, 0.05) is 19.3 Å². The zero-order chi connectivity index (χ0) is 47.9. The second-order valence-corrected chi connectivity index (χ2v) is 18.5. The van der Waals surface area contributed by atoms with Crippen LogP contribution >= 0.6 is 0 Å². The van der Waals surface area contributed by atoms with E-state index in [9.17, 15) is 14.4 Å². The van der Waals surface area contributed by atoms with E-state index in [0.29, 0.717) is 19.3 Å². The molecular formula is C60H104O6. The largest absolute Gasteiger partial charge is 0.462 e. The number of esters is 3. The molecule has 0 bridgehead atoms. The van der Waals surface area contributed by atoms with Gasteiger partial charge in [-0.15, -0.1) is 0 Å². The Morgan fingerprint density at radius 3 is 0.939 bits per heavy atom. The molecule has 0 spiro atoms. The molecule has 0 fully saturated rings. The summed E-state index contributed by atoms with van der Waals surface area (Å²) in [6.07, 6.45) is 68.8. The average Bonchev–Trinajstić information content (AvgIpc) is 3.31. The molecule has 0 saturated heterocycles. The van der Waals surface area contributed by atoms with Crippen LogP contribution in [0.15, 0.2) is 72.9 Å². The molecule has 0 aliphatic heterocycles. The monoisotopic (exact) mass is 921 g/mol. The zero-order valence-corrected chi connectivity index (χ0v) is 43.4. The van der Waals surface area contributed by atoms with Crippen molar-refractivity contribution in [1.29, 1.82) is 0 Å². The van der Waals surface area contributed by atoms with E-state index in [1.807, 2.05) is 0 Å². The third-order valence-electron chi connectivity index (χ3n) is 11.9. The summed E-state index contributed by atoms with van der Waals surface area (Å²) in [6.45, 7) is 6.54.